The fraction of sp³-hybridized carbons (Fsp3) is 0.364. The van der Waals surface area contributed by atoms with Crippen LogP contribution in [0.1, 0.15) is 27.8 Å². The van der Waals surface area contributed by atoms with Crippen LogP contribution in [0.2, 0.25) is 0 Å². The highest BCUT2D eigenvalue weighted by Crippen LogP contribution is 2.00. The Bertz CT molecular complexity index is 402. The molecule has 0 aromatic carbocycles. The fourth-order valence-electron chi connectivity index (χ4n) is 1.08. The summed E-state index contributed by atoms with van der Waals surface area (Å²) in [5.74, 6) is -1.43. The summed E-state index contributed by atoms with van der Waals surface area (Å²) in [7, 11) is 1.56. The molecule has 17 heavy (non-hydrogen) atoms. The number of carbonyl (C=O) groups is 2. The van der Waals surface area contributed by atoms with Crippen LogP contribution >= 0.6 is 0 Å². The lowest BCUT2D eigenvalue weighted by molar-refractivity contribution is 0.0689. The maximum Gasteiger partial charge on any atom is 0.354 e. The topological polar surface area (TPSA) is 88.5 Å². The number of nitrogens with one attached hydrogen (secondary N) is 1. The summed E-state index contributed by atoms with van der Waals surface area (Å²) in [5, 5.41) is 11.3. The van der Waals surface area contributed by atoms with Gasteiger partial charge >= 0.3 is 5.97 Å². The molecule has 0 spiro atoms. The van der Waals surface area contributed by atoms with Crippen LogP contribution in [0, 0.1) is 0 Å². The molecule has 0 saturated heterocycles. The number of pyridine rings is 1. The van der Waals surface area contributed by atoms with Crippen molar-refractivity contribution in [2.24, 2.45) is 0 Å². The number of methoxy groups -OCH3 is 1. The molecule has 6 nitrogen and oxygen atoms in total. The van der Waals surface area contributed by atoms with Gasteiger partial charge in [-0.05, 0) is 19.1 Å². The molecule has 1 aromatic rings. The van der Waals surface area contributed by atoms with E-state index < -0.39 is 5.97 Å². The summed E-state index contributed by atoms with van der Waals surface area (Å²) in [4.78, 5) is 25.8. The number of aromatic nitrogens is 1. The minimum absolute atomic E-state index is 0.0785. The molecular weight excluding hydrogens is 224 g/mol. The van der Waals surface area contributed by atoms with Crippen molar-refractivity contribution in [2.75, 3.05) is 13.7 Å². The van der Waals surface area contributed by atoms with Crippen molar-refractivity contribution in [1.82, 2.24) is 10.3 Å². The summed E-state index contributed by atoms with van der Waals surface area (Å²) >= 11 is 0. The minimum atomic E-state index is -1.12. The molecule has 0 bridgehead atoms. The monoisotopic (exact) mass is 238 g/mol. The van der Waals surface area contributed by atoms with E-state index in [9.17, 15) is 9.59 Å². The third-order valence-corrected chi connectivity index (χ3v) is 2.20. The lowest BCUT2D eigenvalue weighted by atomic mass is 10.2. The molecule has 6 heteroatoms. The van der Waals surface area contributed by atoms with E-state index >= 15 is 0 Å². The third-order valence-electron chi connectivity index (χ3n) is 2.20. The van der Waals surface area contributed by atoms with Crippen LogP contribution in [-0.4, -0.2) is 41.7 Å². The predicted molar refractivity (Wildman–Crippen MR) is 60.0 cm³/mol. The van der Waals surface area contributed by atoms with Gasteiger partial charge in [0, 0.05) is 19.9 Å². The highest BCUT2D eigenvalue weighted by atomic mass is 16.5. The molecule has 0 aliphatic carbocycles. The molecule has 1 rings (SSSR count). The standard InChI is InChI=1S/C11H14N2O4/c1-7(17-2)5-13-10(14)8-3-4-9(11(15)16)12-6-8/h3-4,6-7H,5H2,1-2H3,(H,13,14)(H,15,16). The zero-order valence-corrected chi connectivity index (χ0v) is 9.64. The van der Waals surface area contributed by atoms with Gasteiger partial charge in [0.05, 0.1) is 11.7 Å². The average Bonchev–Trinajstić information content (AvgIpc) is 2.35. The van der Waals surface area contributed by atoms with Gasteiger partial charge in [0.2, 0.25) is 0 Å². The van der Waals surface area contributed by atoms with E-state index in [2.05, 4.69) is 10.3 Å². The first kappa shape index (κ1) is 13.1. The minimum Gasteiger partial charge on any atom is -0.477 e. The SMILES string of the molecule is COC(C)CNC(=O)c1ccc(C(=O)O)nc1. The van der Waals surface area contributed by atoms with E-state index in [1.54, 1.807) is 7.11 Å². The second kappa shape index (κ2) is 5.95. The number of ether oxygens (including phenoxy) is 1. The van der Waals surface area contributed by atoms with Crippen LogP contribution in [0.5, 0.6) is 0 Å². The van der Waals surface area contributed by atoms with Crippen LogP contribution in [0.25, 0.3) is 0 Å². The Kier molecular flexibility index (Phi) is 4.59. The van der Waals surface area contributed by atoms with Gasteiger partial charge in [0.15, 0.2) is 0 Å². The first-order chi connectivity index (χ1) is 8.04. The molecule has 0 saturated carbocycles. The predicted octanol–water partition coefficient (Wildman–Crippen LogP) is 0.544. The van der Waals surface area contributed by atoms with Gasteiger partial charge in [0.25, 0.3) is 5.91 Å². The van der Waals surface area contributed by atoms with Crippen LogP contribution < -0.4 is 5.32 Å². The number of hydrogen-bond donors (Lipinski definition) is 2. The van der Waals surface area contributed by atoms with Crippen LogP contribution in [0.3, 0.4) is 0 Å². The summed E-state index contributed by atoms with van der Waals surface area (Å²) in [6.45, 7) is 2.21. The van der Waals surface area contributed by atoms with Crippen molar-refractivity contribution >= 4 is 11.9 Å². The van der Waals surface area contributed by atoms with E-state index in [4.69, 9.17) is 9.84 Å². The van der Waals surface area contributed by atoms with Crippen molar-refractivity contribution < 1.29 is 19.4 Å². The number of carboxylic acids is 1. The normalized spacial score (nSPS) is 11.9. The number of amides is 1. The van der Waals surface area contributed by atoms with Crippen LogP contribution in [0.15, 0.2) is 18.3 Å². The van der Waals surface area contributed by atoms with Gasteiger partial charge in [-0.3, -0.25) is 4.79 Å². The van der Waals surface area contributed by atoms with Gasteiger partial charge < -0.3 is 15.2 Å². The molecular formula is C11H14N2O4. The maximum atomic E-state index is 11.6. The number of aromatic carboxylic acids is 1. The highest BCUT2D eigenvalue weighted by Gasteiger charge is 2.09. The Labute approximate surface area is 98.6 Å². The Morgan fingerprint density at radius 1 is 1.53 bits per heavy atom. The first-order valence-electron chi connectivity index (χ1n) is 5.05. The van der Waals surface area contributed by atoms with Gasteiger partial charge in [0.1, 0.15) is 5.69 Å². The van der Waals surface area contributed by atoms with Crippen LogP contribution in [0.4, 0.5) is 0 Å². The Morgan fingerprint density at radius 3 is 2.71 bits per heavy atom. The third kappa shape index (κ3) is 3.84. The van der Waals surface area contributed by atoms with E-state index in [0.717, 1.165) is 0 Å². The number of carboxylic acid groups (broad SMARTS) is 1. The van der Waals surface area contributed by atoms with Crippen molar-refractivity contribution in [2.45, 2.75) is 13.0 Å². The number of hydrogen-bond acceptors (Lipinski definition) is 4. The molecule has 0 fully saturated rings. The van der Waals surface area contributed by atoms with Crippen molar-refractivity contribution in [3.8, 4) is 0 Å². The van der Waals surface area contributed by atoms with Gasteiger partial charge in [-0.2, -0.15) is 0 Å². The Morgan fingerprint density at radius 2 is 2.24 bits per heavy atom. The van der Waals surface area contributed by atoms with Gasteiger partial charge in [-0.25, -0.2) is 9.78 Å². The van der Waals surface area contributed by atoms with E-state index in [1.165, 1.54) is 18.3 Å². The zero-order valence-electron chi connectivity index (χ0n) is 9.64. The quantitative estimate of drug-likeness (QED) is 0.781. The molecule has 0 aliphatic heterocycles. The van der Waals surface area contributed by atoms with Crippen molar-refractivity contribution in [3.05, 3.63) is 29.6 Å². The second-order valence-electron chi connectivity index (χ2n) is 3.49. The summed E-state index contributed by atoms with van der Waals surface area (Å²) in [6.07, 6.45) is 1.15. The average molecular weight is 238 g/mol. The molecule has 1 atom stereocenters. The summed E-state index contributed by atoms with van der Waals surface area (Å²) in [6, 6.07) is 2.71. The summed E-state index contributed by atoms with van der Waals surface area (Å²) in [5.41, 5.74) is 0.227. The molecule has 1 amide bonds. The molecule has 1 heterocycles. The fourth-order valence-corrected chi connectivity index (χ4v) is 1.08. The van der Waals surface area contributed by atoms with E-state index in [0.29, 0.717) is 12.1 Å². The maximum absolute atomic E-state index is 11.6. The molecule has 92 valence electrons. The molecule has 1 aromatic heterocycles. The Balaban J connectivity index is 2.61. The molecule has 0 aliphatic rings. The van der Waals surface area contributed by atoms with E-state index in [1.807, 2.05) is 6.92 Å². The first-order valence-corrected chi connectivity index (χ1v) is 5.05. The lowest BCUT2D eigenvalue weighted by Gasteiger charge is -2.10. The number of carbonyl (C=O) groups excluding carboxylic acids is 1. The highest BCUT2D eigenvalue weighted by molar-refractivity contribution is 5.94. The van der Waals surface area contributed by atoms with Crippen molar-refractivity contribution in [1.29, 1.82) is 0 Å². The Hall–Kier alpha value is -1.95. The van der Waals surface area contributed by atoms with E-state index in [-0.39, 0.29) is 17.7 Å². The molecule has 1 unspecified atom stereocenters. The zero-order chi connectivity index (χ0) is 12.8. The van der Waals surface area contributed by atoms with Crippen LogP contribution in [-0.2, 0) is 4.74 Å². The smallest absolute Gasteiger partial charge is 0.354 e. The molecule has 0 radical (unpaired) electrons. The summed E-state index contributed by atoms with van der Waals surface area (Å²) < 4.78 is 4.98. The second-order valence-corrected chi connectivity index (χ2v) is 3.49. The van der Waals surface area contributed by atoms with Gasteiger partial charge in [-0.15, -0.1) is 0 Å². The number of nitrogens with zero attached hydrogens (tertiary/aromatic N) is 1. The van der Waals surface area contributed by atoms with Gasteiger partial charge in [-0.1, -0.05) is 0 Å². The largest absolute Gasteiger partial charge is 0.477 e. The lowest BCUT2D eigenvalue weighted by Crippen LogP contribution is -2.31. The van der Waals surface area contributed by atoms with Crippen molar-refractivity contribution in [3.63, 3.8) is 0 Å². The number of rotatable bonds is 5. The molecule has 2 N–H and O–H groups in total.